The maximum Gasteiger partial charge on any atom is 0.257 e. The maximum atomic E-state index is 12.2. The Labute approximate surface area is 136 Å². The fourth-order valence-corrected chi connectivity index (χ4v) is 3.38. The number of nitrogens with one attached hydrogen (secondary N) is 2. The largest absolute Gasteiger partial charge is 0.352 e. The topological polar surface area (TPSA) is 81.3 Å². The van der Waals surface area contributed by atoms with Crippen LogP contribution in [0.2, 0.25) is 0 Å². The third-order valence-electron chi connectivity index (χ3n) is 4.74. The summed E-state index contributed by atoms with van der Waals surface area (Å²) in [7, 11) is 0. The molecule has 1 aliphatic carbocycles. The SMILES string of the molecule is O=C(CN1CCN(C(=O)c2cn[nH]c2)CC1)NC1CCCCC1. The van der Waals surface area contributed by atoms with Gasteiger partial charge in [0.2, 0.25) is 5.91 Å². The molecule has 2 aliphatic rings. The quantitative estimate of drug-likeness (QED) is 0.852. The van der Waals surface area contributed by atoms with Crippen LogP contribution in [0.1, 0.15) is 42.5 Å². The number of piperazine rings is 1. The van der Waals surface area contributed by atoms with Gasteiger partial charge in [0.15, 0.2) is 0 Å². The number of aromatic nitrogens is 2. The fraction of sp³-hybridized carbons (Fsp3) is 0.688. The van der Waals surface area contributed by atoms with E-state index in [1.807, 2.05) is 4.90 Å². The van der Waals surface area contributed by atoms with Crippen LogP contribution in [0.3, 0.4) is 0 Å². The molecule has 0 atom stereocenters. The molecule has 2 amide bonds. The molecule has 2 N–H and O–H groups in total. The Morgan fingerprint density at radius 1 is 1.17 bits per heavy atom. The van der Waals surface area contributed by atoms with Crippen molar-refractivity contribution in [2.45, 2.75) is 38.1 Å². The van der Waals surface area contributed by atoms with Crippen molar-refractivity contribution in [3.05, 3.63) is 18.0 Å². The molecule has 1 aromatic heterocycles. The van der Waals surface area contributed by atoms with E-state index in [-0.39, 0.29) is 11.8 Å². The van der Waals surface area contributed by atoms with Crippen molar-refractivity contribution in [3.8, 4) is 0 Å². The lowest BCUT2D eigenvalue weighted by Gasteiger charge is -2.34. The standard InChI is InChI=1S/C16H25N5O2/c22-15(19-14-4-2-1-3-5-14)12-20-6-8-21(9-7-20)16(23)13-10-17-18-11-13/h10-11,14H,1-9,12H2,(H,17,18)(H,19,22). The summed E-state index contributed by atoms with van der Waals surface area (Å²) in [5.74, 6) is 0.122. The summed E-state index contributed by atoms with van der Waals surface area (Å²) < 4.78 is 0. The molecule has 1 saturated carbocycles. The number of nitrogens with zero attached hydrogens (tertiary/aromatic N) is 3. The van der Waals surface area contributed by atoms with E-state index in [2.05, 4.69) is 20.4 Å². The van der Waals surface area contributed by atoms with Crippen molar-refractivity contribution in [1.29, 1.82) is 0 Å². The van der Waals surface area contributed by atoms with Crippen LogP contribution in [-0.4, -0.2) is 70.6 Å². The number of carbonyl (C=O) groups is 2. The average Bonchev–Trinajstić information content (AvgIpc) is 3.10. The van der Waals surface area contributed by atoms with E-state index in [9.17, 15) is 9.59 Å². The molecule has 7 nitrogen and oxygen atoms in total. The molecule has 2 heterocycles. The first-order chi connectivity index (χ1) is 11.2. The molecule has 1 saturated heterocycles. The Bertz CT molecular complexity index is 517. The monoisotopic (exact) mass is 319 g/mol. The molecule has 126 valence electrons. The Morgan fingerprint density at radius 2 is 1.91 bits per heavy atom. The first-order valence-corrected chi connectivity index (χ1v) is 8.52. The second kappa shape index (κ2) is 7.59. The highest BCUT2D eigenvalue weighted by atomic mass is 16.2. The summed E-state index contributed by atoms with van der Waals surface area (Å²) in [6, 6.07) is 0.361. The molecule has 0 aromatic carbocycles. The van der Waals surface area contributed by atoms with E-state index in [4.69, 9.17) is 0 Å². The lowest BCUT2D eigenvalue weighted by atomic mass is 9.95. The van der Waals surface area contributed by atoms with Crippen LogP contribution in [0.15, 0.2) is 12.4 Å². The van der Waals surface area contributed by atoms with Crippen LogP contribution in [0.25, 0.3) is 0 Å². The highest BCUT2D eigenvalue weighted by Crippen LogP contribution is 2.17. The van der Waals surface area contributed by atoms with Gasteiger partial charge in [-0.2, -0.15) is 5.10 Å². The normalized spacial score (nSPS) is 20.4. The summed E-state index contributed by atoms with van der Waals surface area (Å²) in [5, 5.41) is 9.62. The van der Waals surface area contributed by atoms with E-state index >= 15 is 0 Å². The zero-order valence-electron chi connectivity index (χ0n) is 13.5. The summed E-state index contributed by atoms with van der Waals surface area (Å²) in [5.41, 5.74) is 0.591. The van der Waals surface area contributed by atoms with Crippen LogP contribution < -0.4 is 5.32 Å². The Hall–Kier alpha value is -1.89. The Kier molecular flexibility index (Phi) is 5.27. The zero-order chi connectivity index (χ0) is 16.1. The summed E-state index contributed by atoms with van der Waals surface area (Å²) in [6.07, 6.45) is 9.12. The average molecular weight is 319 g/mol. The smallest absolute Gasteiger partial charge is 0.257 e. The Balaban J connectivity index is 1.40. The second-order valence-electron chi connectivity index (χ2n) is 6.46. The molecular weight excluding hydrogens is 294 g/mol. The molecule has 1 aromatic rings. The van der Waals surface area contributed by atoms with E-state index in [1.54, 1.807) is 12.4 Å². The van der Waals surface area contributed by atoms with Gasteiger partial charge in [-0.3, -0.25) is 19.6 Å². The predicted molar refractivity (Wildman–Crippen MR) is 85.9 cm³/mol. The zero-order valence-corrected chi connectivity index (χ0v) is 13.5. The van der Waals surface area contributed by atoms with Gasteiger partial charge in [0, 0.05) is 38.4 Å². The van der Waals surface area contributed by atoms with Gasteiger partial charge < -0.3 is 10.2 Å². The number of carbonyl (C=O) groups excluding carboxylic acids is 2. The third kappa shape index (κ3) is 4.31. The van der Waals surface area contributed by atoms with E-state index in [1.165, 1.54) is 19.3 Å². The van der Waals surface area contributed by atoms with Crippen molar-refractivity contribution in [1.82, 2.24) is 25.3 Å². The van der Waals surface area contributed by atoms with Crippen LogP contribution in [0.4, 0.5) is 0 Å². The Morgan fingerprint density at radius 3 is 2.57 bits per heavy atom. The number of H-pyrrole nitrogens is 1. The number of rotatable bonds is 4. The van der Waals surface area contributed by atoms with Gasteiger partial charge in [-0.05, 0) is 12.8 Å². The summed E-state index contributed by atoms with van der Waals surface area (Å²) in [6.45, 7) is 3.22. The number of hydrogen-bond donors (Lipinski definition) is 2. The van der Waals surface area contributed by atoms with Gasteiger partial charge in [-0.25, -0.2) is 0 Å². The van der Waals surface area contributed by atoms with Crippen molar-refractivity contribution < 1.29 is 9.59 Å². The molecule has 0 unspecified atom stereocenters. The van der Waals surface area contributed by atoms with E-state index in [0.717, 1.165) is 25.9 Å². The highest BCUT2D eigenvalue weighted by molar-refractivity contribution is 5.93. The molecule has 2 fully saturated rings. The van der Waals surface area contributed by atoms with Crippen molar-refractivity contribution in [3.63, 3.8) is 0 Å². The van der Waals surface area contributed by atoms with Crippen LogP contribution in [0.5, 0.6) is 0 Å². The lowest BCUT2D eigenvalue weighted by molar-refractivity contribution is -0.123. The van der Waals surface area contributed by atoms with Gasteiger partial charge in [0.1, 0.15) is 0 Å². The van der Waals surface area contributed by atoms with Gasteiger partial charge in [0.05, 0.1) is 18.3 Å². The molecule has 0 radical (unpaired) electrons. The van der Waals surface area contributed by atoms with Gasteiger partial charge in [0.25, 0.3) is 5.91 Å². The number of amides is 2. The van der Waals surface area contributed by atoms with Crippen molar-refractivity contribution in [2.75, 3.05) is 32.7 Å². The maximum absolute atomic E-state index is 12.2. The fourth-order valence-electron chi connectivity index (χ4n) is 3.38. The van der Waals surface area contributed by atoms with Crippen LogP contribution >= 0.6 is 0 Å². The minimum atomic E-state index is 0.00468. The van der Waals surface area contributed by atoms with Gasteiger partial charge in [-0.15, -0.1) is 0 Å². The third-order valence-corrected chi connectivity index (χ3v) is 4.74. The number of hydrogen-bond acceptors (Lipinski definition) is 4. The minimum Gasteiger partial charge on any atom is -0.352 e. The van der Waals surface area contributed by atoms with Gasteiger partial charge >= 0.3 is 0 Å². The van der Waals surface area contributed by atoms with Crippen molar-refractivity contribution >= 4 is 11.8 Å². The highest BCUT2D eigenvalue weighted by Gasteiger charge is 2.24. The summed E-state index contributed by atoms with van der Waals surface area (Å²) in [4.78, 5) is 28.3. The molecule has 23 heavy (non-hydrogen) atoms. The molecule has 0 spiro atoms. The first kappa shape index (κ1) is 16.0. The van der Waals surface area contributed by atoms with Crippen LogP contribution in [0, 0.1) is 0 Å². The lowest BCUT2D eigenvalue weighted by Crippen LogP contribution is -2.52. The van der Waals surface area contributed by atoms with Crippen LogP contribution in [-0.2, 0) is 4.79 Å². The predicted octanol–water partition coefficient (Wildman–Crippen LogP) is 0.616. The molecule has 7 heteroatoms. The van der Waals surface area contributed by atoms with E-state index < -0.39 is 0 Å². The molecular formula is C16H25N5O2. The number of aromatic amines is 1. The second-order valence-corrected chi connectivity index (χ2v) is 6.46. The first-order valence-electron chi connectivity index (χ1n) is 8.52. The molecule has 3 rings (SSSR count). The summed E-state index contributed by atoms with van der Waals surface area (Å²) >= 11 is 0. The van der Waals surface area contributed by atoms with Gasteiger partial charge in [-0.1, -0.05) is 19.3 Å². The molecule has 0 bridgehead atoms. The minimum absolute atomic E-state index is 0.00468. The van der Waals surface area contributed by atoms with E-state index in [0.29, 0.717) is 31.2 Å². The molecule has 1 aliphatic heterocycles. The van der Waals surface area contributed by atoms with Crippen molar-refractivity contribution in [2.24, 2.45) is 0 Å².